The zero-order chi connectivity index (χ0) is 28.6. The van der Waals surface area contributed by atoms with Crippen LogP contribution >= 0.6 is 17.9 Å². The number of hydrogen-bond donors (Lipinski definition) is 0. The van der Waals surface area contributed by atoms with E-state index in [-0.39, 0.29) is 11.1 Å². The van der Waals surface area contributed by atoms with Crippen LogP contribution in [-0.4, -0.2) is 39.1 Å². The molecule has 0 aliphatic heterocycles. The van der Waals surface area contributed by atoms with Gasteiger partial charge in [-0.1, -0.05) is 0 Å². The second-order valence-electron chi connectivity index (χ2n) is 11.1. The van der Waals surface area contributed by atoms with Crippen LogP contribution in [-0.2, 0) is 9.53 Å². The van der Waals surface area contributed by atoms with Crippen LogP contribution < -0.4 is 0 Å². The third-order valence-corrected chi connectivity index (χ3v) is 35.7. The number of rotatable bonds is 25. The van der Waals surface area contributed by atoms with E-state index in [0.29, 0.717) is 18.3 Å². The average molecular weight is 686 g/mol. The van der Waals surface area contributed by atoms with Crippen molar-refractivity contribution in [1.82, 2.24) is 0 Å². The fraction of sp³-hybridized carbons (Fsp3) is 0.758. The molecule has 39 heavy (non-hydrogen) atoms. The predicted molar refractivity (Wildman–Crippen MR) is 177 cm³/mol. The molecule has 1 aromatic rings. The predicted octanol–water partition coefficient (Wildman–Crippen LogP) is 11.2. The summed E-state index contributed by atoms with van der Waals surface area (Å²) < 4.78 is 8.14. The summed E-state index contributed by atoms with van der Waals surface area (Å²) in [6.45, 7) is 9.47. The Balaban J connectivity index is 2.92. The minimum atomic E-state index is -3.10. The van der Waals surface area contributed by atoms with E-state index in [2.05, 4.69) is 27.7 Å². The Kier molecular flexibility index (Phi) is 23.1. The van der Waals surface area contributed by atoms with Gasteiger partial charge >= 0.3 is 252 Å². The van der Waals surface area contributed by atoms with Gasteiger partial charge in [-0.05, 0) is 0 Å². The fourth-order valence-corrected chi connectivity index (χ4v) is 31.4. The van der Waals surface area contributed by atoms with Gasteiger partial charge in [-0.25, -0.2) is 0 Å². The van der Waals surface area contributed by atoms with Crippen molar-refractivity contribution in [2.75, 3.05) is 12.4 Å². The number of ether oxygens (including phenoxy) is 1. The third-order valence-electron chi connectivity index (χ3n) is 7.59. The molecule has 1 unspecified atom stereocenters. The maximum atomic E-state index is 13.5. The van der Waals surface area contributed by atoms with Crippen LogP contribution in [0.1, 0.15) is 141 Å². The molecule has 0 N–H and O–H groups in total. The van der Waals surface area contributed by atoms with Crippen LogP contribution in [0.2, 0.25) is 8.87 Å². The molecule has 3 nitrogen and oxygen atoms in total. The van der Waals surface area contributed by atoms with Gasteiger partial charge in [0, 0.05) is 0 Å². The molecule has 1 rings (SSSR count). The van der Waals surface area contributed by atoms with E-state index >= 15 is 0 Å². The quantitative estimate of drug-likeness (QED) is 0.0582. The van der Waals surface area contributed by atoms with Crippen molar-refractivity contribution >= 4 is 44.6 Å². The summed E-state index contributed by atoms with van der Waals surface area (Å²) in [6, 6.07) is 9.78. The van der Waals surface area contributed by atoms with Gasteiger partial charge in [0.05, 0.1) is 0 Å². The third kappa shape index (κ3) is 18.1. The molecule has 0 saturated heterocycles. The van der Waals surface area contributed by atoms with Crippen LogP contribution in [0.25, 0.3) is 0 Å². The molecule has 0 aliphatic carbocycles. The molecule has 0 radical (unpaired) electrons. The van der Waals surface area contributed by atoms with Crippen molar-refractivity contribution in [2.45, 2.75) is 139 Å². The summed E-state index contributed by atoms with van der Waals surface area (Å²) in [5.41, 5.74) is 0.805. The van der Waals surface area contributed by atoms with Crippen LogP contribution in [0, 0.1) is 5.92 Å². The van der Waals surface area contributed by atoms with Crippen LogP contribution in [0.15, 0.2) is 30.3 Å². The van der Waals surface area contributed by atoms with Crippen molar-refractivity contribution in [1.29, 1.82) is 0 Å². The Morgan fingerprint density at radius 2 is 1.28 bits per heavy atom. The minimum absolute atomic E-state index is 0.0744. The molecule has 6 heteroatoms. The molecule has 0 aromatic heterocycles. The van der Waals surface area contributed by atoms with E-state index in [1.807, 2.05) is 39.3 Å². The molecular weight excluding hydrogens is 627 g/mol. The summed E-state index contributed by atoms with van der Waals surface area (Å²) in [6.07, 6.45) is 19.8. The second-order valence-corrected chi connectivity index (χ2v) is 36.7. The molecule has 224 valence electrons. The number of carbonyl (C=O) groups excluding carboxylic acids is 2. The van der Waals surface area contributed by atoms with Gasteiger partial charge in [-0.3, -0.25) is 0 Å². The summed E-state index contributed by atoms with van der Waals surface area (Å²) in [5.74, 6) is 0.809. The summed E-state index contributed by atoms with van der Waals surface area (Å²) in [7, 11) is 3.58. The molecular formula is C33H58O3S2Sn. The van der Waals surface area contributed by atoms with Crippen molar-refractivity contribution in [2.24, 2.45) is 5.92 Å². The van der Waals surface area contributed by atoms with Crippen molar-refractivity contribution in [3.63, 3.8) is 0 Å². The number of carbonyl (C=O) groups is 2. The van der Waals surface area contributed by atoms with Gasteiger partial charge in [0.1, 0.15) is 0 Å². The van der Waals surface area contributed by atoms with E-state index in [0.717, 1.165) is 18.4 Å². The average Bonchev–Trinajstić information content (AvgIpc) is 2.96. The standard InChI is InChI=1S/C10H20O2S.2C8H17.C7H6OS.Sn/c1-3-5-6-9(4-2)7-12-10(11)8-13;2*1-3-5-7-8-6-4-2;8-7(9)6-4-2-1-3-5-6;/h9,13H,3-8H2,1-2H3;2*1,3-8H2,2H3;1-5H,(H,8,9);/q;;;;+2/p-2. The van der Waals surface area contributed by atoms with E-state index < -0.39 is 15.6 Å². The SMILES string of the molecule is CCCCCCC[CH2][Sn]([CH2]CCCCCCC)([S]CC(=O)OCC(CC)CCCC)[S]C(=O)c1ccccc1. The number of benzene rings is 1. The first-order chi connectivity index (χ1) is 19.0. The number of esters is 1. The molecule has 0 heterocycles. The Morgan fingerprint density at radius 1 is 0.744 bits per heavy atom. The van der Waals surface area contributed by atoms with Crippen molar-refractivity contribution < 1.29 is 14.3 Å². The topological polar surface area (TPSA) is 43.4 Å². The summed E-state index contributed by atoms with van der Waals surface area (Å²) in [4.78, 5) is 26.4. The van der Waals surface area contributed by atoms with Gasteiger partial charge < -0.3 is 0 Å². The van der Waals surface area contributed by atoms with E-state index in [1.165, 1.54) is 98.8 Å². The van der Waals surface area contributed by atoms with E-state index in [1.54, 1.807) is 8.95 Å². The normalized spacial score (nSPS) is 12.4. The molecule has 0 saturated carbocycles. The second kappa shape index (κ2) is 24.5. The first kappa shape index (κ1) is 36.9. The molecule has 1 atom stereocenters. The number of unbranched alkanes of at least 4 members (excludes halogenated alkanes) is 11. The zero-order valence-electron chi connectivity index (χ0n) is 25.6. The van der Waals surface area contributed by atoms with E-state index in [4.69, 9.17) is 4.74 Å². The molecule has 0 amide bonds. The first-order valence-electron chi connectivity index (χ1n) is 16.1. The summed E-state index contributed by atoms with van der Waals surface area (Å²) >= 11 is -3.10. The van der Waals surface area contributed by atoms with Crippen LogP contribution in [0.4, 0.5) is 0 Å². The molecule has 0 aliphatic rings. The Bertz CT molecular complexity index is 728. The number of hydrogen-bond acceptors (Lipinski definition) is 5. The summed E-state index contributed by atoms with van der Waals surface area (Å²) in [5, 5.41) is 0.217. The maximum absolute atomic E-state index is 13.5. The fourth-order valence-electron chi connectivity index (χ4n) is 4.89. The van der Waals surface area contributed by atoms with Crippen LogP contribution in [0.3, 0.4) is 0 Å². The monoisotopic (exact) mass is 686 g/mol. The van der Waals surface area contributed by atoms with Gasteiger partial charge in [0.2, 0.25) is 0 Å². The molecule has 0 bridgehead atoms. The van der Waals surface area contributed by atoms with E-state index in [9.17, 15) is 9.59 Å². The first-order valence-corrected chi connectivity index (χ1v) is 28.9. The van der Waals surface area contributed by atoms with Crippen molar-refractivity contribution in [3.8, 4) is 0 Å². The molecule has 0 fully saturated rings. The van der Waals surface area contributed by atoms with Gasteiger partial charge in [0.15, 0.2) is 0 Å². The zero-order valence-corrected chi connectivity index (χ0v) is 30.1. The molecule has 1 aromatic carbocycles. The Morgan fingerprint density at radius 3 is 1.82 bits per heavy atom. The van der Waals surface area contributed by atoms with Gasteiger partial charge in [-0.2, -0.15) is 0 Å². The Hall–Kier alpha value is -0.141. The molecule has 0 spiro atoms. The Labute approximate surface area is 250 Å². The van der Waals surface area contributed by atoms with Gasteiger partial charge in [0.25, 0.3) is 0 Å². The van der Waals surface area contributed by atoms with Gasteiger partial charge in [-0.15, -0.1) is 0 Å². The van der Waals surface area contributed by atoms with Crippen molar-refractivity contribution in [3.05, 3.63) is 35.9 Å². The van der Waals surface area contributed by atoms with Crippen LogP contribution in [0.5, 0.6) is 0 Å².